The van der Waals surface area contributed by atoms with Crippen molar-refractivity contribution in [3.63, 3.8) is 0 Å². The van der Waals surface area contributed by atoms with Crippen molar-refractivity contribution in [2.75, 3.05) is 13.2 Å². The number of hydrogen-bond acceptors (Lipinski definition) is 4. The highest BCUT2D eigenvalue weighted by Gasteiger charge is 2.29. The summed E-state index contributed by atoms with van der Waals surface area (Å²) < 4.78 is 22.6. The van der Waals surface area contributed by atoms with Crippen LogP contribution in [-0.2, 0) is 13.6 Å². The Labute approximate surface area is 94.1 Å². The number of pyridine rings is 1. The first-order valence-electron chi connectivity index (χ1n) is 4.63. The minimum absolute atomic E-state index is 0.294. The Kier molecular flexibility index (Phi) is 4.74. The molecule has 4 nitrogen and oxygen atoms in total. The molecule has 0 unspecified atom stereocenters. The summed E-state index contributed by atoms with van der Waals surface area (Å²) in [5.41, 5.74) is 0. The number of aromatic nitrogens is 1. The average molecular weight is 250 g/mol. The molecule has 1 aromatic heterocycles. The summed E-state index contributed by atoms with van der Waals surface area (Å²) >= 11 is 5.89. The monoisotopic (exact) mass is 249 g/mol. The fourth-order valence-electron chi connectivity index (χ4n) is 1.11. The van der Waals surface area contributed by atoms with Crippen LogP contribution in [0.2, 0.25) is 5.02 Å². The van der Waals surface area contributed by atoms with Crippen molar-refractivity contribution in [3.8, 4) is 0 Å². The predicted octanol–water partition coefficient (Wildman–Crippen LogP) is 2.63. The zero-order chi connectivity index (χ0) is 11.3. The lowest BCUT2D eigenvalue weighted by Gasteiger charge is -2.17. The summed E-state index contributed by atoms with van der Waals surface area (Å²) in [6.45, 7) is 4.10. The molecule has 0 aliphatic heterocycles. The first-order chi connectivity index (χ1) is 7.14. The first-order valence-corrected chi connectivity index (χ1v) is 6.55. The molecule has 0 saturated carbocycles. The van der Waals surface area contributed by atoms with E-state index in [-0.39, 0.29) is 0 Å². The van der Waals surface area contributed by atoms with E-state index in [1.165, 1.54) is 12.4 Å². The van der Waals surface area contributed by atoms with E-state index in [0.717, 1.165) is 0 Å². The third-order valence-corrected chi connectivity index (χ3v) is 4.25. The normalized spacial score (nSPS) is 11.7. The minimum Gasteiger partial charge on any atom is -0.305 e. The topological polar surface area (TPSA) is 48.4 Å². The van der Waals surface area contributed by atoms with Gasteiger partial charge in [0.2, 0.25) is 0 Å². The molecule has 6 heteroatoms. The van der Waals surface area contributed by atoms with E-state index < -0.39 is 7.60 Å². The van der Waals surface area contributed by atoms with Crippen LogP contribution in [0.5, 0.6) is 0 Å². The molecule has 1 heterocycles. The Bertz CT molecular complexity index is 362. The van der Waals surface area contributed by atoms with E-state index in [1.54, 1.807) is 19.9 Å². The molecule has 0 spiro atoms. The summed E-state index contributed by atoms with van der Waals surface area (Å²) in [6, 6.07) is 1.55. The van der Waals surface area contributed by atoms with Gasteiger partial charge < -0.3 is 9.05 Å². The van der Waals surface area contributed by atoms with Gasteiger partial charge in [0, 0.05) is 12.4 Å². The molecule has 15 heavy (non-hydrogen) atoms. The van der Waals surface area contributed by atoms with Crippen molar-refractivity contribution >= 4 is 24.5 Å². The summed E-state index contributed by atoms with van der Waals surface area (Å²) in [5.74, 6) is 0. The lowest BCUT2D eigenvalue weighted by molar-refractivity contribution is 0.230. The lowest BCUT2D eigenvalue weighted by atomic mass is 10.5. The molecule has 0 aromatic carbocycles. The van der Waals surface area contributed by atoms with E-state index in [2.05, 4.69) is 4.98 Å². The Morgan fingerprint density at radius 1 is 1.40 bits per heavy atom. The highest BCUT2D eigenvalue weighted by atomic mass is 35.5. The molecule has 0 bridgehead atoms. The number of nitrogens with zero attached hydrogens (tertiary/aromatic N) is 1. The third kappa shape index (κ3) is 3.02. The highest BCUT2D eigenvalue weighted by molar-refractivity contribution is 7.62. The number of hydrogen-bond donors (Lipinski definition) is 0. The maximum atomic E-state index is 12.3. The van der Waals surface area contributed by atoms with Crippen LogP contribution < -0.4 is 5.30 Å². The maximum absolute atomic E-state index is 12.3. The van der Waals surface area contributed by atoms with Gasteiger partial charge in [-0.15, -0.1) is 0 Å². The first kappa shape index (κ1) is 12.7. The molecule has 0 atom stereocenters. The van der Waals surface area contributed by atoms with Crippen molar-refractivity contribution in [2.24, 2.45) is 0 Å². The smallest absolute Gasteiger partial charge is 0.305 e. The zero-order valence-electron chi connectivity index (χ0n) is 8.64. The number of rotatable bonds is 5. The second-order valence-electron chi connectivity index (χ2n) is 2.66. The van der Waals surface area contributed by atoms with Crippen molar-refractivity contribution in [1.29, 1.82) is 0 Å². The van der Waals surface area contributed by atoms with E-state index >= 15 is 0 Å². The summed E-state index contributed by atoms with van der Waals surface area (Å²) in [7, 11) is -3.28. The molecular weight excluding hydrogens is 237 g/mol. The Morgan fingerprint density at radius 3 is 2.47 bits per heavy atom. The Balaban J connectivity index is 3.09. The van der Waals surface area contributed by atoms with Crippen LogP contribution in [-0.4, -0.2) is 18.2 Å². The van der Waals surface area contributed by atoms with Crippen LogP contribution in [0.1, 0.15) is 13.8 Å². The van der Waals surface area contributed by atoms with Crippen molar-refractivity contribution in [3.05, 3.63) is 23.5 Å². The SMILES string of the molecule is CCOP(=O)(OCC)c1ccncc1Cl. The molecule has 0 amide bonds. The maximum Gasteiger partial charge on any atom is 0.362 e. The van der Waals surface area contributed by atoms with E-state index in [4.69, 9.17) is 20.6 Å². The molecule has 84 valence electrons. The molecular formula is C9H13ClNO3P. The van der Waals surface area contributed by atoms with Gasteiger partial charge in [0.15, 0.2) is 0 Å². The highest BCUT2D eigenvalue weighted by Crippen LogP contribution is 2.48. The van der Waals surface area contributed by atoms with Gasteiger partial charge in [0.25, 0.3) is 0 Å². The molecule has 0 fully saturated rings. The van der Waals surface area contributed by atoms with E-state index in [9.17, 15) is 4.57 Å². The molecule has 0 aliphatic carbocycles. The van der Waals surface area contributed by atoms with Gasteiger partial charge in [-0.05, 0) is 19.9 Å². The molecule has 0 N–H and O–H groups in total. The second-order valence-corrected chi connectivity index (χ2v) is 5.06. The molecule has 1 aromatic rings. The van der Waals surface area contributed by atoms with Crippen molar-refractivity contribution in [2.45, 2.75) is 13.8 Å². The second kappa shape index (κ2) is 5.61. The largest absolute Gasteiger partial charge is 0.362 e. The van der Waals surface area contributed by atoms with Crippen LogP contribution in [0.15, 0.2) is 18.5 Å². The van der Waals surface area contributed by atoms with Gasteiger partial charge in [-0.3, -0.25) is 9.55 Å². The Morgan fingerprint density at radius 2 is 2.00 bits per heavy atom. The summed E-state index contributed by atoms with van der Waals surface area (Å²) in [5, 5.41) is 0.658. The molecule has 0 radical (unpaired) electrons. The molecule has 0 saturated heterocycles. The lowest BCUT2D eigenvalue weighted by Crippen LogP contribution is -2.12. The van der Waals surface area contributed by atoms with Gasteiger partial charge in [0.05, 0.1) is 23.5 Å². The standard InChI is InChI=1S/C9H13ClNO3P/c1-3-13-15(12,14-4-2)9-5-6-11-7-8(9)10/h5-7H,3-4H2,1-2H3. The van der Waals surface area contributed by atoms with Gasteiger partial charge in [-0.25, -0.2) is 0 Å². The molecule has 1 rings (SSSR count). The van der Waals surface area contributed by atoms with Crippen LogP contribution in [0.4, 0.5) is 0 Å². The van der Waals surface area contributed by atoms with Gasteiger partial charge in [-0.2, -0.15) is 0 Å². The van der Waals surface area contributed by atoms with Crippen LogP contribution in [0, 0.1) is 0 Å². The van der Waals surface area contributed by atoms with Crippen LogP contribution >= 0.6 is 19.2 Å². The Hall–Kier alpha value is -0.410. The average Bonchev–Trinajstić information content (AvgIpc) is 2.19. The predicted molar refractivity (Wildman–Crippen MR) is 59.7 cm³/mol. The molecule has 0 aliphatic rings. The van der Waals surface area contributed by atoms with Gasteiger partial charge >= 0.3 is 7.60 Å². The van der Waals surface area contributed by atoms with Crippen LogP contribution in [0.3, 0.4) is 0 Å². The van der Waals surface area contributed by atoms with Gasteiger partial charge in [0.1, 0.15) is 0 Å². The fourth-order valence-corrected chi connectivity index (χ4v) is 3.14. The van der Waals surface area contributed by atoms with E-state index in [1.807, 2.05) is 0 Å². The summed E-state index contributed by atoms with van der Waals surface area (Å²) in [6.07, 6.45) is 2.92. The van der Waals surface area contributed by atoms with Gasteiger partial charge in [-0.1, -0.05) is 11.6 Å². The summed E-state index contributed by atoms with van der Waals surface area (Å²) in [4.78, 5) is 3.81. The minimum atomic E-state index is -3.28. The van der Waals surface area contributed by atoms with Crippen molar-refractivity contribution in [1.82, 2.24) is 4.98 Å². The van der Waals surface area contributed by atoms with Crippen molar-refractivity contribution < 1.29 is 13.6 Å². The van der Waals surface area contributed by atoms with E-state index in [0.29, 0.717) is 23.5 Å². The number of halogens is 1. The fraction of sp³-hybridized carbons (Fsp3) is 0.444. The quantitative estimate of drug-likeness (QED) is 0.753. The van der Waals surface area contributed by atoms with Crippen LogP contribution in [0.25, 0.3) is 0 Å². The third-order valence-electron chi connectivity index (χ3n) is 1.64. The zero-order valence-corrected chi connectivity index (χ0v) is 10.3.